The number of thioether (sulfide) groups is 1. The fourth-order valence-corrected chi connectivity index (χ4v) is 4.62. The molecule has 1 aromatic carbocycles. The molecular formula is C22H21N5OS. The molecule has 0 radical (unpaired) electrons. The van der Waals surface area contributed by atoms with Crippen molar-refractivity contribution in [1.82, 2.24) is 19.7 Å². The van der Waals surface area contributed by atoms with Crippen LogP contribution in [0.2, 0.25) is 0 Å². The van der Waals surface area contributed by atoms with Crippen LogP contribution in [0, 0.1) is 6.92 Å². The number of anilines is 1. The zero-order valence-electron chi connectivity index (χ0n) is 16.1. The third kappa shape index (κ3) is 3.46. The Morgan fingerprint density at radius 2 is 2.03 bits per heavy atom. The van der Waals surface area contributed by atoms with Gasteiger partial charge in [0, 0.05) is 29.6 Å². The third-order valence-corrected chi connectivity index (χ3v) is 6.19. The smallest absolute Gasteiger partial charge is 0.227 e. The van der Waals surface area contributed by atoms with Crippen LogP contribution in [0.1, 0.15) is 42.1 Å². The SMILES string of the molecule is Cc1ccc([C@@H]2C3=C(CCCC3=O)Nc3nc(SCc4ccccn4)nn32)cc1. The summed E-state index contributed by atoms with van der Waals surface area (Å²) in [6, 6.07) is 14.0. The first-order chi connectivity index (χ1) is 14.2. The number of aromatic nitrogens is 4. The molecule has 0 unspecified atom stereocenters. The van der Waals surface area contributed by atoms with Crippen LogP contribution in [0.25, 0.3) is 0 Å². The van der Waals surface area contributed by atoms with Crippen LogP contribution >= 0.6 is 11.8 Å². The minimum absolute atomic E-state index is 0.202. The fourth-order valence-electron chi connectivity index (χ4n) is 3.88. The molecule has 0 bridgehead atoms. The molecule has 2 aromatic heterocycles. The molecule has 7 heteroatoms. The van der Waals surface area contributed by atoms with Gasteiger partial charge in [-0.1, -0.05) is 47.7 Å². The molecule has 2 aliphatic rings. The molecule has 29 heavy (non-hydrogen) atoms. The lowest BCUT2D eigenvalue weighted by Crippen LogP contribution is -2.31. The topological polar surface area (TPSA) is 72.7 Å². The molecule has 3 aromatic rings. The van der Waals surface area contributed by atoms with Gasteiger partial charge in [0.15, 0.2) is 5.78 Å². The Bertz CT molecular complexity index is 1090. The van der Waals surface area contributed by atoms with Gasteiger partial charge in [0.05, 0.1) is 5.69 Å². The highest BCUT2D eigenvalue weighted by Crippen LogP contribution is 2.40. The van der Waals surface area contributed by atoms with E-state index in [2.05, 4.69) is 41.5 Å². The maximum atomic E-state index is 12.8. The Kier molecular flexibility index (Phi) is 4.67. The Morgan fingerprint density at radius 1 is 1.17 bits per heavy atom. The number of ketones is 1. The predicted molar refractivity (Wildman–Crippen MR) is 113 cm³/mol. The average Bonchev–Trinajstić information content (AvgIpc) is 3.15. The van der Waals surface area contributed by atoms with Crippen LogP contribution in [-0.4, -0.2) is 25.5 Å². The number of allylic oxidation sites excluding steroid dienone is 2. The number of fused-ring (bicyclic) bond motifs is 1. The van der Waals surface area contributed by atoms with Crippen molar-refractivity contribution in [3.8, 4) is 0 Å². The van der Waals surface area contributed by atoms with Crippen LogP contribution in [0.4, 0.5) is 5.95 Å². The molecular weight excluding hydrogens is 382 g/mol. The Balaban J connectivity index is 1.52. The van der Waals surface area contributed by atoms with Gasteiger partial charge in [-0.25, -0.2) is 4.68 Å². The van der Waals surface area contributed by atoms with Crippen molar-refractivity contribution >= 4 is 23.5 Å². The number of rotatable bonds is 4. The average molecular weight is 404 g/mol. The van der Waals surface area contributed by atoms with E-state index in [9.17, 15) is 4.79 Å². The third-order valence-electron chi connectivity index (χ3n) is 5.32. The molecule has 0 saturated heterocycles. The van der Waals surface area contributed by atoms with Crippen LogP contribution in [0.5, 0.6) is 0 Å². The Morgan fingerprint density at radius 3 is 2.83 bits per heavy atom. The highest BCUT2D eigenvalue weighted by atomic mass is 32.2. The van der Waals surface area contributed by atoms with Gasteiger partial charge in [-0.05, 0) is 37.5 Å². The van der Waals surface area contributed by atoms with E-state index in [1.54, 1.807) is 18.0 Å². The number of hydrogen-bond acceptors (Lipinski definition) is 6. The number of carbonyl (C=O) groups is 1. The number of Topliss-reactive ketones (excluding diaryl/α,β-unsaturated/α-hetero) is 1. The van der Waals surface area contributed by atoms with E-state index >= 15 is 0 Å². The maximum absolute atomic E-state index is 12.8. The lowest BCUT2D eigenvalue weighted by molar-refractivity contribution is -0.116. The number of carbonyl (C=O) groups excluding carboxylic acids is 1. The number of aryl methyl sites for hydroxylation is 1. The zero-order chi connectivity index (χ0) is 19.8. The van der Waals surface area contributed by atoms with Crippen molar-refractivity contribution in [2.24, 2.45) is 0 Å². The van der Waals surface area contributed by atoms with E-state index in [1.807, 2.05) is 22.9 Å². The molecule has 1 aliphatic carbocycles. The van der Waals surface area contributed by atoms with Crippen LogP contribution in [0.3, 0.4) is 0 Å². The van der Waals surface area contributed by atoms with Gasteiger partial charge < -0.3 is 5.32 Å². The van der Waals surface area contributed by atoms with Gasteiger partial charge in [0.2, 0.25) is 11.1 Å². The summed E-state index contributed by atoms with van der Waals surface area (Å²) in [7, 11) is 0. The van der Waals surface area contributed by atoms with Gasteiger partial charge in [-0.3, -0.25) is 9.78 Å². The normalized spacial score (nSPS) is 18.2. The molecule has 0 amide bonds. The second-order valence-corrected chi connectivity index (χ2v) is 8.32. The molecule has 0 saturated carbocycles. The van der Waals surface area contributed by atoms with Crippen molar-refractivity contribution in [2.75, 3.05) is 5.32 Å². The zero-order valence-corrected chi connectivity index (χ0v) is 16.9. The summed E-state index contributed by atoms with van der Waals surface area (Å²) in [5.41, 5.74) is 5.07. The van der Waals surface area contributed by atoms with E-state index in [0.29, 0.717) is 23.3 Å². The van der Waals surface area contributed by atoms with Crippen molar-refractivity contribution in [1.29, 1.82) is 0 Å². The first kappa shape index (κ1) is 18.1. The summed E-state index contributed by atoms with van der Waals surface area (Å²) in [5.74, 6) is 1.60. The van der Waals surface area contributed by atoms with Gasteiger partial charge in [0.1, 0.15) is 6.04 Å². The van der Waals surface area contributed by atoms with Crippen molar-refractivity contribution in [3.63, 3.8) is 0 Å². The van der Waals surface area contributed by atoms with E-state index in [0.717, 1.165) is 35.4 Å². The minimum Gasteiger partial charge on any atom is -0.328 e. The summed E-state index contributed by atoms with van der Waals surface area (Å²) in [4.78, 5) is 21.9. The highest BCUT2D eigenvalue weighted by molar-refractivity contribution is 7.98. The predicted octanol–water partition coefficient (Wildman–Crippen LogP) is 4.30. The first-order valence-corrected chi connectivity index (χ1v) is 10.8. The second-order valence-electron chi connectivity index (χ2n) is 7.38. The molecule has 1 aliphatic heterocycles. The largest absolute Gasteiger partial charge is 0.328 e. The van der Waals surface area contributed by atoms with Crippen molar-refractivity contribution in [2.45, 2.75) is 43.1 Å². The minimum atomic E-state index is -0.230. The summed E-state index contributed by atoms with van der Waals surface area (Å²) in [6.07, 6.45) is 4.13. The quantitative estimate of drug-likeness (QED) is 0.655. The number of benzene rings is 1. The summed E-state index contributed by atoms with van der Waals surface area (Å²) in [5, 5.41) is 8.82. The molecule has 146 valence electrons. The summed E-state index contributed by atoms with van der Waals surface area (Å²) in [6.45, 7) is 2.07. The summed E-state index contributed by atoms with van der Waals surface area (Å²) < 4.78 is 1.87. The van der Waals surface area contributed by atoms with Crippen LogP contribution in [-0.2, 0) is 10.5 Å². The molecule has 5 rings (SSSR count). The van der Waals surface area contributed by atoms with E-state index in [1.165, 1.54) is 5.56 Å². The Hall–Kier alpha value is -2.93. The van der Waals surface area contributed by atoms with Crippen LogP contribution < -0.4 is 5.32 Å². The van der Waals surface area contributed by atoms with E-state index in [4.69, 9.17) is 10.1 Å². The summed E-state index contributed by atoms with van der Waals surface area (Å²) >= 11 is 1.55. The van der Waals surface area contributed by atoms with Gasteiger partial charge in [-0.15, -0.1) is 5.10 Å². The fraction of sp³-hybridized carbons (Fsp3) is 0.273. The van der Waals surface area contributed by atoms with Gasteiger partial charge in [0.25, 0.3) is 0 Å². The number of pyridine rings is 1. The monoisotopic (exact) mass is 403 g/mol. The van der Waals surface area contributed by atoms with Gasteiger partial charge >= 0.3 is 0 Å². The highest BCUT2D eigenvalue weighted by Gasteiger charge is 2.36. The number of nitrogens with one attached hydrogen (secondary N) is 1. The number of nitrogens with zero attached hydrogens (tertiary/aromatic N) is 4. The van der Waals surface area contributed by atoms with Gasteiger partial charge in [-0.2, -0.15) is 4.98 Å². The van der Waals surface area contributed by atoms with E-state index < -0.39 is 0 Å². The molecule has 6 nitrogen and oxygen atoms in total. The molecule has 0 fully saturated rings. The van der Waals surface area contributed by atoms with Crippen molar-refractivity contribution in [3.05, 3.63) is 76.8 Å². The van der Waals surface area contributed by atoms with Crippen molar-refractivity contribution < 1.29 is 4.79 Å². The maximum Gasteiger partial charge on any atom is 0.227 e. The standard InChI is InChI=1S/C22H21N5OS/c1-14-8-10-15(11-9-14)20-19-17(6-4-7-18(19)28)24-21-25-22(26-27(20)21)29-13-16-5-2-3-12-23-16/h2-3,5,8-12,20H,4,6-7,13H2,1H3,(H,24,25,26)/t20-/m1/s1. The second kappa shape index (κ2) is 7.48. The molecule has 1 N–H and O–H groups in total. The molecule has 3 heterocycles. The van der Waals surface area contributed by atoms with Crippen LogP contribution in [0.15, 0.2) is 65.1 Å². The van der Waals surface area contributed by atoms with E-state index in [-0.39, 0.29) is 11.8 Å². The molecule has 0 spiro atoms. The first-order valence-electron chi connectivity index (χ1n) is 9.78. The molecule has 1 atom stereocenters. The number of hydrogen-bond donors (Lipinski definition) is 1. The lowest BCUT2D eigenvalue weighted by atomic mass is 9.85. The lowest BCUT2D eigenvalue weighted by Gasteiger charge is -2.32. The Labute approximate surface area is 173 Å².